The minimum absolute atomic E-state index is 0.247. The molecular weight excluding hydrogens is 277 g/mol. The molecule has 0 bridgehead atoms. The summed E-state index contributed by atoms with van der Waals surface area (Å²) < 4.78 is 37.9. The molecule has 2 unspecified atom stereocenters. The standard InChI is InChI=1S/C13H18ClF3N2/c1-3-19(8-13(15,16)17)12(9(2)18)10-6-4-5-7-11(10)14/h4-7,9,12H,3,8,18H2,1-2H3. The lowest BCUT2D eigenvalue weighted by atomic mass is 9.99. The average molecular weight is 295 g/mol. The van der Waals surface area contributed by atoms with Gasteiger partial charge in [0.15, 0.2) is 0 Å². The van der Waals surface area contributed by atoms with Gasteiger partial charge in [-0.25, -0.2) is 0 Å². The molecule has 0 aliphatic carbocycles. The Hall–Kier alpha value is -0.780. The van der Waals surface area contributed by atoms with Gasteiger partial charge in [0, 0.05) is 11.1 Å². The second-order valence-electron chi connectivity index (χ2n) is 4.50. The van der Waals surface area contributed by atoms with Gasteiger partial charge in [-0.3, -0.25) is 4.90 Å². The Morgan fingerprint density at radius 3 is 2.32 bits per heavy atom. The Morgan fingerprint density at radius 1 is 1.32 bits per heavy atom. The molecule has 1 aromatic carbocycles. The molecule has 108 valence electrons. The second kappa shape index (κ2) is 6.59. The van der Waals surface area contributed by atoms with E-state index in [-0.39, 0.29) is 6.54 Å². The Bertz CT molecular complexity index is 407. The molecule has 0 heterocycles. The lowest BCUT2D eigenvalue weighted by Gasteiger charge is -2.34. The van der Waals surface area contributed by atoms with E-state index in [2.05, 4.69) is 0 Å². The molecule has 0 amide bonds. The van der Waals surface area contributed by atoms with Crippen LogP contribution >= 0.6 is 11.6 Å². The fraction of sp³-hybridized carbons (Fsp3) is 0.538. The smallest absolute Gasteiger partial charge is 0.326 e. The van der Waals surface area contributed by atoms with E-state index < -0.39 is 24.8 Å². The number of benzene rings is 1. The summed E-state index contributed by atoms with van der Waals surface area (Å²) in [5, 5.41) is 0.436. The normalized spacial score (nSPS) is 15.6. The van der Waals surface area contributed by atoms with Gasteiger partial charge >= 0.3 is 6.18 Å². The van der Waals surface area contributed by atoms with Gasteiger partial charge in [0.2, 0.25) is 0 Å². The van der Waals surface area contributed by atoms with Crippen LogP contribution in [0.5, 0.6) is 0 Å². The zero-order valence-electron chi connectivity index (χ0n) is 10.9. The van der Waals surface area contributed by atoms with Crippen LogP contribution in [0, 0.1) is 0 Å². The van der Waals surface area contributed by atoms with Gasteiger partial charge in [-0.1, -0.05) is 36.7 Å². The molecule has 0 aliphatic rings. The third-order valence-corrected chi connectivity index (χ3v) is 3.25. The minimum atomic E-state index is -4.26. The topological polar surface area (TPSA) is 29.3 Å². The van der Waals surface area contributed by atoms with Crippen molar-refractivity contribution in [2.24, 2.45) is 5.73 Å². The second-order valence-corrected chi connectivity index (χ2v) is 4.91. The van der Waals surface area contributed by atoms with Crippen molar-refractivity contribution in [3.05, 3.63) is 34.9 Å². The highest BCUT2D eigenvalue weighted by molar-refractivity contribution is 6.31. The molecular formula is C13H18ClF3N2. The van der Waals surface area contributed by atoms with Gasteiger partial charge in [-0.2, -0.15) is 13.2 Å². The molecule has 1 aromatic rings. The van der Waals surface area contributed by atoms with Gasteiger partial charge in [-0.05, 0) is 25.1 Å². The molecule has 0 aromatic heterocycles. The van der Waals surface area contributed by atoms with E-state index in [1.165, 1.54) is 4.90 Å². The van der Waals surface area contributed by atoms with Crippen LogP contribution in [0.3, 0.4) is 0 Å². The molecule has 0 fully saturated rings. The van der Waals surface area contributed by atoms with Gasteiger partial charge in [0.25, 0.3) is 0 Å². The largest absolute Gasteiger partial charge is 0.401 e. The number of hydrogen-bond donors (Lipinski definition) is 1. The first-order valence-corrected chi connectivity index (χ1v) is 6.45. The van der Waals surface area contributed by atoms with Crippen LogP contribution in [-0.2, 0) is 0 Å². The zero-order chi connectivity index (χ0) is 14.6. The van der Waals surface area contributed by atoms with Crippen molar-refractivity contribution in [1.82, 2.24) is 4.90 Å². The fourth-order valence-corrected chi connectivity index (χ4v) is 2.41. The van der Waals surface area contributed by atoms with Crippen LogP contribution in [0.1, 0.15) is 25.5 Å². The average Bonchev–Trinajstić information content (AvgIpc) is 2.28. The van der Waals surface area contributed by atoms with E-state index in [0.29, 0.717) is 10.6 Å². The maximum absolute atomic E-state index is 12.6. The number of nitrogens with zero attached hydrogens (tertiary/aromatic N) is 1. The van der Waals surface area contributed by atoms with E-state index in [9.17, 15) is 13.2 Å². The summed E-state index contributed by atoms with van der Waals surface area (Å²) in [6, 6.07) is 5.85. The fourth-order valence-electron chi connectivity index (χ4n) is 2.16. The molecule has 2 N–H and O–H groups in total. The molecule has 1 rings (SSSR count). The molecule has 0 saturated heterocycles. The quantitative estimate of drug-likeness (QED) is 0.899. The van der Waals surface area contributed by atoms with Crippen LogP contribution in [0.25, 0.3) is 0 Å². The number of halogens is 4. The summed E-state index contributed by atoms with van der Waals surface area (Å²) >= 11 is 6.07. The lowest BCUT2D eigenvalue weighted by Crippen LogP contribution is -2.44. The lowest BCUT2D eigenvalue weighted by molar-refractivity contribution is -0.151. The van der Waals surface area contributed by atoms with Crippen molar-refractivity contribution >= 4 is 11.6 Å². The summed E-state index contributed by atoms with van der Waals surface area (Å²) in [4.78, 5) is 1.30. The maximum Gasteiger partial charge on any atom is 0.401 e. The highest BCUT2D eigenvalue weighted by atomic mass is 35.5. The molecule has 0 spiro atoms. The predicted molar refractivity (Wildman–Crippen MR) is 71.1 cm³/mol. The third-order valence-electron chi connectivity index (χ3n) is 2.90. The summed E-state index contributed by atoms with van der Waals surface area (Å²) in [6.07, 6.45) is -4.26. The maximum atomic E-state index is 12.6. The number of nitrogens with two attached hydrogens (primary N) is 1. The Labute approximate surface area is 116 Å². The van der Waals surface area contributed by atoms with Gasteiger partial charge in [-0.15, -0.1) is 0 Å². The molecule has 2 atom stereocenters. The van der Waals surface area contributed by atoms with E-state index in [1.54, 1.807) is 38.1 Å². The Kier molecular flexibility index (Phi) is 5.64. The van der Waals surface area contributed by atoms with E-state index in [4.69, 9.17) is 17.3 Å². The molecule has 0 aliphatic heterocycles. The molecule has 6 heteroatoms. The number of likely N-dealkylation sites (N-methyl/N-ethyl adjacent to an activating group) is 1. The summed E-state index contributed by atoms with van der Waals surface area (Å²) in [5.41, 5.74) is 6.50. The Morgan fingerprint density at radius 2 is 1.89 bits per heavy atom. The number of rotatable bonds is 5. The van der Waals surface area contributed by atoms with Crippen molar-refractivity contribution in [1.29, 1.82) is 0 Å². The highest BCUT2D eigenvalue weighted by Crippen LogP contribution is 2.31. The van der Waals surface area contributed by atoms with Gasteiger partial charge in [0.1, 0.15) is 0 Å². The van der Waals surface area contributed by atoms with E-state index >= 15 is 0 Å². The van der Waals surface area contributed by atoms with Crippen LogP contribution in [0.2, 0.25) is 5.02 Å². The summed E-state index contributed by atoms with van der Waals surface area (Å²) in [7, 11) is 0. The highest BCUT2D eigenvalue weighted by Gasteiger charge is 2.35. The summed E-state index contributed by atoms with van der Waals surface area (Å²) in [5.74, 6) is 0. The first kappa shape index (κ1) is 16.3. The predicted octanol–water partition coefficient (Wildman–Crippen LogP) is 3.61. The van der Waals surface area contributed by atoms with Crippen molar-refractivity contribution in [2.75, 3.05) is 13.1 Å². The Balaban J connectivity index is 3.09. The van der Waals surface area contributed by atoms with Crippen molar-refractivity contribution < 1.29 is 13.2 Å². The van der Waals surface area contributed by atoms with Crippen LogP contribution in [-0.4, -0.2) is 30.2 Å². The van der Waals surface area contributed by atoms with Crippen molar-refractivity contribution in [3.63, 3.8) is 0 Å². The van der Waals surface area contributed by atoms with Crippen molar-refractivity contribution in [2.45, 2.75) is 32.1 Å². The molecule has 19 heavy (non-hydrogen) atoms. The molecule has 0 saturated carbocycles. The summed E-state index contributed by atoms with van der Waals surface area (Å²) in [6.45, 7) is 2.61. The van der Waals surface area contributed by atoms with Crippen LogP contribution < -0.4 is 5.73 Å². The number of alkyl halides is 3. The van der Waals surface area contributed by atoms with Gasteiger partial charge in [0.05, 0.1) is 12.6 Å². The van der Waals surface area contributed by atoms with Crippen LogP contribution in [0.4, 0.5) is 13.2 Å². The van der Waals surface area contributed by atoms with Crippen LogP contribution in [0.15, 0.2) is 24.3 Å². The molecule has 0 radical (unpaired) electrons. The molecule has 2 nitrogen and oxygen atoms in total. The van der Waals surface area contributed by atoms with Gasteiger partial charge < -0.3 is 5.73 Å². The minimum Gasteiger partial charge on any atom is -0.326 e. The van der Waals surface area contributed by atoms with Crippen molar-refractivity contribution in [3.8, 4) is 0 Å². The number of hydrogen-bond acceptors (Lipinski definition) is 2. The zero-order valence-corrected chi connectivity index (χ0v) is 11.7. The first-order chi connectivity index (χ1) is 8.76. The van der Waals surface area contributed by atoms with E-state index in [1.807, 2.05) is 0 Å². The monoisotopic (exact) mass is 294 g/mol. The van der Waals surface area contributed by atoms with E-state index in [0.717, 1.165) is 0 Å². The third kappa shape index (κ3) is 4.67. The SMILES string of the molecule is CCN(CC(F)(F)F)C(c1ccccc1Cl)C(C)N. The first-order valence-electron chi connectivity index (χ1n) is 6.07.